The highest BCUT2D eigenvalue weighted by Gasteiger charge is 2.07. The first-order valence-electron chi connectivity index (χ1n) is 10.3. The zero-order valence-corrected chi connectivity index (χ0v) is 18.4. The van der Waals surface area contributed by atoms with Crippen LogP contribution < -0.4 is 4.74 Å². The number of hydrogen-bond donors (Lipinski definition) is 0. The lowest BCUT2D eigenvalue weighted by atomic mass is 9.98. The van der Waals surface area contributed by atoms with Gasteiger partial charge in [-0.25, -0.2) is 9.59 Å². The lowest BCUT2D eigenvalue weighted by Crippen LogP contribution is -2.07. The van der Waals surface area contributed by atoms with E-state index in [-0.39, 0.29) is 5.97 Å². The van der Waals surface area contributed by atoms with E-state index in [4.69, 9.17) is 9.47 Å². The van der Waals surface area contributed by atoms with Gasteiger partial charge in [0.15, 0.2) is 0 Å². The van der Waals surface area contributed by atoms with Crippen molar-refractivity contribution in [1.82, 2.24) is 0 Å². The van der Waals surface area contributed by atoms with Crippen LogP contribution in [0.2, 0.25) is 0 Å². The molecule has 3 rings (SSSR count). The third-order valence-corrected chi connectivity index (χ3v) is 4.87. The summed E-state index contributed by atoms with van der Waals surface area (Å²) in [6, 6.07) is 23.9. The first-order valence-corrected chi connectivity index (χ1v) is 10.3. The van der Waals surface area contributed by atoms with Gasteiger partial charge in [0.05, 0.1) is 6.61 Å². The summed E-state index contributed by atoms with van der Waals surface area (Å²) < 4.78 is 10.4. The molecule has 32 heavy (non-hydrogen) atoms. The summed E-state index contributed by atoms with van der Waals surface area (Å²) in [5.41, 5.74) is 6.15. The molecule has 0 amide bonds. The summed E-state index contributed by atoms with van der Waals surface area (Å²) in [7, 11) is 0. The summed E-state index contributed by atoms with van der Waals surface area (Å²) in [5, 5.41) is 0. The molecule has 0 atom stereocenters. The van der Waals surface area contributed by atoms with Gasteiger partial charge in [-0.1, -0.05) is 67.8 Å². The molecule has 3 aromatic rings. The van der Waals surface area contributed by atoms with E-state index in [0.717, 1.165) is 27.8 Å². The monoisotopic (exact) mass is 426 g/mol. The zero-order chi connectivity index (χ0) is 23.1. The van der Waals surface area contributed by atoms with Gasteiger partial charge in [0, 0.05) is 17.6 Å². The van der Waals surface area contributed by atoms with E-state index in [0.29, 0.717) is 29.9 Å². The minimum absolute atomic E-state index is 0.332. The molecule has 0 spiro atoms. The van der Waals surface area contributed by atoms with Gasteiger partial charge in [-0.15, -0.1) is 0 Å². The second kappa shape index (κ2) is 10.4. The standard InChI is InChI=1S/C28H26O4/c1-19(2)27(29)31-17-16-21-8-10-22(11-9-21)24-6-5-7-25(18-24)23-12-14-26(15-13-23)32-28(30)20(3)4/h5-15,18H,1,3,16-17H2,2,4H3. The summed E-state index contributed by atoms with van der Waals surface area (Å²) in [6.07, 6.45) is 0.654. The fraction of sp³-hybridized carbons (Fsp3) is 0.143. The number of ether oxygens (including phenoxy) is 2. The van der Waals surface area contributed by atoms with Gasteiger partial charge in [0.2, 0.25) is 0 Å². The number of benzene rings is 3. The molecular weight excluding hydrogens is 400 g/mol. The summed E-state index contributed by atoms with van der Waals surface area (Å²) in [4.78, 5) is 23.1. The van der Waals surface area contributed by atoms with Crippen molar-refractivity contribution in [2.75, 3.05) is 6.61 Å². The molecule has 4 heteroatoms. The van der Waals surface area contributed by atoms with Crippen LogP contribution in [-0.2, 0) is 20.7 Å². The number of carbonyl (C=O) groups is 2. The highest BCUT2D eigenvalue weighted by molar-refractivity contribution is 5.89. The predicted molar refractivity (Wildman–Crippen MR) is 127 cm³/mol. The average molecular weight is 427 g/mol. The quantitative estimate of drug-likeness (QED) is 0.246. The van der Waals surface area contributed by atoms with Gasteiger partial charge in [0.1, 0.15) is 5.75 Å². The molecule has 0 fully saturated rings. The molecule has 0 aromatic heterocycles. The second-order valence-electron chi connectivity index (χ2n) is 7.64. The maximum absolute atomic E-state index is 11.7. The lowest BCUT2D eigenvalue weighted by Gasteiger charge is -2.09. The van der Waals surface area contributed by atoms with E-state index < -0.39 is 5.97 Å². The van der Waals surface area contributed by atoms with E-state index in [1.807, 2.05) is 36.4 Å². The van der Waals surface area contributed by atoms with Crippen LogP contribution in [0.1, 0.15) is 19.4 Å². The van der Waals surface area contributed by atoms with Crippen molar-refractivity contribution >= 4 is 11.9 Å². The topological polar surface area (TPSA) is 52.6 Å². The van der Waals surface area contributed by atoms with Crippen molar-refractivity contribution in [1.29, 1.82) is 0 Å². The van der Waals surface area contributed by atoms with E-state index >= 15 is 0 Å². The molecule has 0 heterocycles. The predicted octanol–water partition coefficient (Wildman–Crippen LogP) is 6.16. The van der Waals surface area contributed by atoms with Crippen LogP contribution in [0.15, 0.2) is 97.1 Å². The molecule has 0 aliphatic heterocycles. The van der Waals surface area contributed by atoms with Crippen LogP contribution in [0, 0.1) is 0 Å². The third-order valence-electron chi connectivity index (χ3n) is 4.87. The van der Waals surface area contributed by atoms with E-state index in [2.05, 4.69) is 37.4 Å². The van der Waals surface area contributed by atoms with Crippen molar-refractivity contribution in [3.05, 3.63) is 103 Å². The Morgan fingerprint density at radius 3 is 1.78 bits per heavy atom. The Bertz CT molecular complexity index is 1140. The van der Waals surface area contributed by atoms with Crippen LogP contribution in [0.25, 0.3) is 22.3 Å². The van der Waals surface area contributed by atoms with Gasteiger partial charge in [-0.05, 0) is 59.9 Å². The minimum Gasteiger partial charge on any atom is -0.462 e. The molecule has 3 aromatic carbocycles. The first-order chi connectivity index (χ1) is 15.3. The Labute approximate surface area is 188 Å². The van der Waals surface area contributed by atoms with E-state index in [1.54, 1.807) is 26.0 Å². The molecule has 0 bridgehead atoms. The molecule has 0 saturated heterocycles. The van der Waals surface area contributed by atoms with Crippen LogP contribution in [0.3, 0.4) is 0 Å². The molecule has 0 aliphatic rings. The Morgan fingerprint density at radius 2 is 1.25 bits per heavy atom. The number of carbonyl (C=O) groups excluding carboxylic acids is 2. The molecular formula is C28H26O4. The van der Waals surface area contributed by atoms with Crippen molar-refractivity contribution in [3.8, 4) is 28.0 Å². The third kappa shape index (κ3) is 6.05. The molecule has 0 saturated carbocycles. The highest BCUT2D eigenvalue weighted by Crippen LogP contribution is 2.28. The van der Waals surface area contributed by atoms with Crippen molar-refractivity contribution < 1.29 is 19.1 Å². The number of rotatable bonds is 8. The maximum Gasteiger partial charge on any atom is 0.338 e. The van der Waals surface area contributed by atoms with Crippen LogP contribution in [0.5, 0.6) is 5.75 Å². The maximum atomic E-state index is 11.7. The van der Waals surface area contributed by atoms with E-state index in [1.165, 1.54) is 0 Å². The number of hydrogen-bond acceptors (Lipinski definition) is 4. The van der Waals surface area contributed by atoms with Crippen molar-refractivity contribution in [3.63, 3.8) is 0 Å². The molecule has 0 N–H and O–H groups in total. The van der Waals surface area contributed by atoms with Crippen LogP contribution in [0.4, 0.5) is 0 Å². The Hall–Kier alpha value is -3.92. The largest absolute Gasteiger partial charge is 0.462 e. The average Bonchev–Trinajstić information content (AvgIpc) is 2.80. The second-order valence-corrected chi connectivity index (χ2v) is 7.64. The molecule has 0 radical (unpaired) electrons. The van der Waals surface area contributed by atoms with Gasteiger partial charge in [-0.3, -0.25) is 0 Å². The van der Waals surface area contributed by atoms with Crippen LogP contribution >= 0.6 is 0 Å². The van der Waals surface area contributed by atoms with Gasteiger partial charge < -0.3 is 9.47 Å². The van der Waals surface area contributed by atoms with E-state index in [9.17, 15) is 9.59 Å². The zero-order valence-electron chi connectivity index (χ0n) is 18.4. The minimum atomic E-state index is -0.433. The van der Waals surface area contributed by atoms with Crippen molar-refractivity contribution in [2.45, 2.75) is 20.3 Å². The smallest absolute Gasteiger partial charge is 0.338 e. The highest BCUT2D eigenvalue weighted by atomic mass is 16.5. The first kappa shape index (κ1) is 22.8. The number of esters is 2. The van der Waals surface area contributed by atoms with Gasteiger partial charge in [-0.2, -0.15) is 0 Å². The molecule has 0 unspecified atom stereocenters. The molecule has 0 aliphatic carbocycles. The Balaban J connectivity index is 1.68. The summed E-state index contributed by atoms with van der Waals surface area (Å²) in [6.45, 7) is 10.8. The Kier molecular flexibility index (Phi) is 7.40. The molecule has 162 valence electrons. The SMILES string of the molecule is C=C(C)C(=O)OCCc1ccc(-c2cccc(-c3ccc(OC(=O)C(=C)C)cc3)c2)cc1. The fourth-order valence-electron chi connectivity index (χ4n) is 3.04. The van der Waals surface area contributed by atoms with Crippen LogP contribution in [-0.4, -0.2) is 18.5 Å². The summed E-state index contributed by atoms with van der Waals surface area (Å²) in [5.74, 6) is -0.306. The van der Waals surface area contributed by atoms with Crippen molar-refractivity contribution in [2.24, 2.45) is 0 Å². The fourth-order valence-corrected chi connectivity index (χ4v) is 3.04. The van der Waals surface area contributed by atoms with Gasteiger partial charge >= 0.3 is 11.9 Å². The molecule has 4 nitrogen and oxygen atoms in total. The lowest BCUT2D eigenvalue weighted by molar-refractivity contribution is -0.138. The summed E-state index contributed by atoms with van der Waals surface area (Å²) >= 11 is 0. The van der Waals surface area contributed by atoms with Gasteiger partial charge in [0.25, 0.3) is 0 Å². The Morgan fingerprint density at radius 1 is 0.719 bits per heavy atom. The normalized spacial score (nSPS) is 10.3.